The molecular formula is C54H98NO13PS. The molecule has 0 saturated carbocycles. The van der Waals surface area contributed by atoms with Crippen LogP contribution in [0.3, 0.4) is 0 Å². The van der Waals surface area contributed by atoms with Crippen LogP contribution >= 0.6 is 19.6 Å². The standard InChI is InChI=1S/C54H98NO13PS/c1-4-6-7-8-9-10-11-21-24-27-30-33-38-51(50(58)37-35-39-52(59)60)70-45-49(55)54(62)68-48(44-67-69(63,64)66-42-47(57)41-56)43-65-53(61)40-34-31-28-25-22-19-17-15-13-12-14-16-18-20-23-26-29-32-36-46(3)5-2/h9-10,21,24,27,30,33,38,46-51,56-58H,4-8,11-20,22-23,25-26,28-29,31-32,34-37,39-45,55H2,1-3H3,(H,59,60)(H,63,64)/b10-9-,24-21-,30-27+,38-33+/t46?,47-,48+,49-,50-,51+/m0/s1. The first-order valence-corrected chi connectivity index (χ1v) is 29.5. The topological polar surface area (TPSA) is 232 Å². The molecule has 0 heterocycles. The molecule has 0 fully saturated rings. The van der Waals surface area contributed by atoms with E-state index in [1.54, 1.807) is 18.2 Å². The minimum absolute atomic E-state index is 0.0226. The molecule has 0 aliphatic rings. The van der Waals surface area contributed by atoms with Crippen LogP contribution in [0.15, 0.2) is 48.6 Å². The molecule has 2 unspecified atom stereocenters. The molecule has 16 heteroatoms. The van der Waals surface area contributed by atoms with Crippen molar-refractivity contribution in [1.29, 1.82) is 0 Å². The summed E-state index contributed by atoms with van der Waals surface area (Å²) < 4.78 is 33.0. The molecule has 70 heavy (non-hydrogen) atoms. The Morgan fingerprint density at radius 2 is 1.24 bits per heavy atom. The summed E-state index contributed by atoms with van der Waals surface area (Å²) in [6, 6.07) is -1.24. The fourth-order valence-corrected chi connectivity index (χ4v) is 9.25. The molecule has 0 rings (SSSR count). The third-order valence-electron chi connectivity index (χ3n) is 12.0. The van der Waals surface area contributed by atoms with Gasteiger partial charge in [0, 0.05) is 23.8 Å². The number of hydrogen-bond donors (Lipinski definition) is 6. The predicted molar refractivity (Wildman–Crippen MR) is 284 cm³/mol. The number of allylic oxidation sites excluding steroid dienone is 7. The number of aliphatic hydroxyl groups is 3. The van der Waals surface area contributed by atoms with Gasteiger partial charge in [-0.05, 0) is 44.4 Å². The zero-order valence-corrected chi connectivity index (χ0v) is 45.3. The number of unbranched alkanes of at least 4 members (excludes halogenated alkanes) is 20. The van der Waals surface area contributed by atoms with Crippen LogP contribution in [0.2, 0.25) is 0 Å². The summed E-state index contributed by atoms with van der Waals surface area (Å²) in [6.07, 6.45) is 42.5. The number of carboxylic acids is 1. The highest BCUT2D eigenvalue weighted by Crippen LogP contribution is 2.43. The fraction of sp³-hybridized carbons (Fsp3) is 0.796. The summed E-state index contributed by atoms with van der Waals surface area (Å²) in [4.78, 5) is 47.1. The summed E-state index contributed by atoms with van der Waals surface area (Å²) in [6.45, 7) is 4.19. The molecule has 0 spiro atoms. The number of esters is 2. The summed E-state index contributed by atoms with van der Waals surface area (Å²) in [5.74, 6) is -1.58. The Bertz CT molecular complexity index is 1450. The average Bonchev–Trinajstić information content (AvgIpc) is 3.34. The fourth-order valence-electron chi connectivity index (χ4n) is 7.34. The monoisotopic (exact) mass is 1030 g/mol. The molecule has 0 aliphatic heterocycles. The highest BCUT2D eigenvalue weighted by Gasteiger charge is 2.29. The lowest BCUT2D eigenvalue weighted by atomic mass is 9.99. The van der Waals surface area contributed by atoms with Crippen molar-refractivity contribution in [3.63, 3.8) is 0 Å². The van der Waals surface area contributed by atoms with Gasteiger partial charge < -0.3 is 40.5 Å². The molecule has 0 aromatic heterocycles. The lowest BCUT2D eigenvalue weighted by molar-refractivity contribution is -0.161. The summed E-state index contributed by atoms with van der Waals surface area (Å²) >= 11 is 1.17. The van der Waals surface area contributed by atoms with Gasteiger partial charge in [0.25, 0.3) is 0 Å². The van der Waals surface area contributed by atoms with Crippen molar-refractivity contribution >= 4 is 37.5 Å². The largest absolute Gasteiger partial charge is 0.481 e. The van der Waals surface area contributed by atoms with E-state index in [1.165, 1.54) is 134 Å². The van der Waals surface area contributed by atoms with Crippen molar-refractivity contribution in [1.82, 2.24) is 0 Å². The van der Waals surface area contributed by atoms with E-state index >= 15 is 0 Å². The minimum Gasteiger partial charge on any atom is -0.481 e. The van der Waals surface area contributed by atoms with E-state index in [0.717, 1.165) is 38.0 Å². The van der Waals surface area contributed by atoms with E-state index in [4.69, 9.17) is 34.5 Å². The molecule has 408 valence electrons. The van der Waals surface area contributed by atoms with Crippen LogP contribution in [0.1, 0.15) is 207 Å². The Labute approximate surface area is 427 Å². The number of ether oxygens (including phenoxy) is 2. The Hall–Kier alpha value is -2.33. The van der Waals surface area contributed by atoms with Gasteiger partial charge in [0.15, 0.2) is 6.10 Å². The van der Waals surface area contributed by atoms with Crippen LogP contribution in [0, 0.1) is 5.92 Å². The molecule has 0 saturated heterocycles. The average molecular weight is 1030 g/mol. The molecule has 0 aliphatic carbocycles. The second kappa shape index (κ2) is 47.7. The van der Waals surface area contributed by atoms with Crippen molar-refractivity contribution in [2.24, 2.45) is 11.7 Å². The number of thioether (sulfide) groups is 1. The van der Waals surface area contributed by atoms with Crippen LogP contribution in [-0.2, 0) is 37.5 Å². The molecule has 0 amide bonds. The maximum atomic E-state index is 13.2. The minimum atomic E-state index is -4.79. The number of carbonyl (C=O) groups excluding carboxylic acids is 2. The third kappa shape index (κ3) is 44.4. The number of phosphoric ester groups is 1. The lowest BCUT2D eigenvalue weighted by Crippen LogP contribution is -2.40. The zero-order valence-electron chi connectivity index (χ0n) is 43.6. The van der Waals surface area contributed by atoms with Gasteiger partial charge in [-0.25, -0.2) is 4.57 Å². The Kier molecular flexibility index (Phi) is 46.1. The highest BCUT2D eigenvalue weighted by atomic mass is 32.2. The number of aliphatic carboxylic acids is 1. The number of carbonyl (C=O) groups is 3. The molecule has 0 aromatic rings. The van der Waals surface area contributed by atoms with Gasteiger partial charge in [0.2, 0.25) is 0 Å². The zero-order chi connectivity index (χ0) is 51.9. The molecule has 0 radical (unpaired) electrons. The van der Waals surface area contributed by atoms with Crippen LogP contribution < -0.4 is 5.73 Å². The number of nitrogens with two attached hydrogens (primary N) is 1. The normalized spacial score (nSPS) is 15.7. The summed E-state index contributed by atoms with van der Waals surface area (Å²) in [7, 11) is -4.79. The summed E-state index contributed by atoms with van der Waals surface area (Å²) in [5.41, 5.74) is 6.21. The van der Waals surface area contributed by atoms with Crippen molar-refractivity contribution in [3.05, 3.63) is 48.6 Å². The predicted octanol–water partition coefficient (Wildman–Crippen LogP) is 12.0. The van der Waals surface area contributed by atoms with Gasteiger partial charge in [0.1, 0.15) is 18.8 Å². The smallest absolute Gasteiger partial charge is 0.472 e. The molecule has 0 bridgehead atoms. The van der Waals surface area contributed by atoms with Gasteiger partial charge in [-0.15, -0.1) is 11.8 Å². The highest BCUT2D eigenvalue weighted by molar-refractivity contribution is 8.00. The Morgan fingerprint density at radius 1 is 0.671 bits per heavy atom. The first kappa shape index (κ1) is 67.7. The van der Waals surface area contributed by atoms with Gasteiger partial charge >= 0.3 is 25.7 Å². The van der Waals surface area contributed by atoms with Crippen LogP contribution in [0.5, 0.6) is 0 Å². The molecular weight excluding hydrogens is 934 g/mol. The lowest BCUT2D eigenvalue weighted by Gasteiger charge is -2.23. The molecule has 0 aromatic carbocycles. The number of aliphatic hydroxyl groups excluding tert-OH is 3. The SMILES string of the molecule is CCCCC/C=C\C\C=C/C=C/C=C/[C@@H](SC[C@H](N)C(=O)O[C@H](COC(=O)CCCCCCCCCCCCCCCCCCCCC(C)CC)COP(=O)(O)OC[C@@H](O)CO)[C@@H](O)CCCC(=O)O. The van der Waals surface area contributed by atoms with E-state index in [0.29, 0.717) is 6.42 Å². The maximum absolute atomic E-state index is 13.2. The van der Waals surface area contributed by atoms with Gasteiger partial charge in [-0.1, -0.05) is 204 Å². The number of hydrogen-bond acceptors (Lipinski definition) is 13. The van der Waals surface area contributed by atoms with Crippen molar-refractivity contribution in [2.75, 3.05) is 32.2 Å². The van der Waals surface area contributed by atoms with Gasteiger partial charge in [-0.3, -0.25) is 23.4 Å². The van der Waals surface area contributed by atoms with Crippen LogP contribution in [0.25, 0.3) is 0 Å². The van der Waals surface area contributed by atoms with Crippen molar-refractivity contribution < 1.29 is 62.8 Å². The van der Waals surface area contributed by atoms with E-state index in [2.05, 4.69) is 32.9 Å². The van der Waals surface area contributed by atoms with Gasteiger partial charge in [0.05, 0.1) is 25.9 Å². The van der Waals surface area contributed by atoms with E-state index in [9.17, 15) is 34.1 Å². The first-order chi connectivity index (χ1) is 33.7. The van der Waals surface area contributed by atoms with E-state index in [-0.39, 0.29) is 31.4 Å². The number of rotatable bonds is 50. The van der Waals surface area contributed by atoms with E-state index < -0.39 is 81.8 Å². The third-order valence-corrected chi connectivity index (χ3v) is 14.4. The summed E-state index contributed by atoms with van der Waals surface area (Å²) in [5, 5.41) is 38.0. The second-order valence-corrected chi connectivity index (χ2v) is 21.4. The van der Waals surface area contributed by atoms with Crippen molar-refractivity contribution in [2.45, 2.75) is 237 Å². The maximum Gasteiger partial charge on any atom is 0.472 e. The molecule has 7 atom stereocenters. The Balaban J connectivity index is 4.91. The van der Waals surface area contributed by atoms with Crippen LogP contribution in [0.4, 0.5) is 0 Å². The first-order valence-electron chi connectivity index (χ1n) is 26.9. The quantitative estimate of drug-likeness (QED) is 0.0109. The molecule has 7 N–H and O–H groups in total. The number of phosphoric acid groups is 1. The molecule has 14 nitrogen and oxygen atoms in total. The van der Waals surface area contributed by atoms with Crippen LogP contribution in [-0.4, -0.2) is 105 Å². The van der Waals surface area contributed by atoms with E-state index in [1.807, 2.05) is 18.2 Å². The van der Waals surface area contributed by atoms with Gasteiger partial charge in [-0.2, -0.15) is 0 Å². The number of carboxylic acid groups (broad SMARTS) is 1. The Morgan fingerprint density at radius 3 is 1.81 bits per heavy atom. The van der Waals surface area contributed by atoms with Crippen molar-refractivity contribution in [3.8, 4) is 0 Å². The second-order valence-electron chi connectivity index (χ2n) is 18.7.